The molecule has 0 amide bonds. The maximum absolute atomic E-state index is 6.81. The van der Waals surface area contributed by atoms with Crippen LogP contribution in [-0.2, 0) is 0 Å². The van der Waals surface area contributed by atoms with Crippen molar-refractivity contribution in [3.63, 3.8) is 0 Å². The van der Waals surface area contributed by atoms with Gasteiger partial charge in [0.05, 0.1) is 5.39 Å². The third kappa shape index (κ3) is 4.55. The van der Waals surface area contributed by atoms with E-state index in [1.54, 1.807) is 0 Å². The van der Waals surface area contributed by atoms with E-state index in [0.29, 0.717) is 23.2 Å². The number of hydrogen-bond acceptors (Lipinski definition) is 5. The predicted octanol–water partition coefficient (Wildman–Crippen LogP) is 11.3. The zero-order chi connectivity index (χ0) is 32.3. The molecule has 0 unspecified atom stereocenters. The van der Waals surface area contributed by atoms with Gasteiger partial charge in [-0.1, -0.05) is 133 Å². The summed E-state index contributed by atoms with van der Waals surface area (Å²) in [4.78, 5) is 20.1. The first-order valence-electron chi connectivity index (χ1n) is 16.3. The number of pyridine rings is 1. The fourth-order valence-corrected chi connectivity index (χ4v) is 6.93. The van der Waals surface area contributed by atoms with Crippen LogP contribution >= 0.6 is 0 Å². The van der Waals surface area contributed by atoms with Crippen molar-refractivity contribution in [1.29, 1.82) is 0 Å². The normalized spacial score (nSPS) is 11.7. The van der Waals surface area contributed by atoms with E-state index in [0.717, 1.165) is 60.4 Å². The van der Waals surface area contributed by atoms with Crippen LogP contribution in [0.25, 0.3) is 99.7 Å². The first-order valence-corrected chi connectivity index (χ1v) is 16.3. The van der Waals surface area contributed by atoms with Gasteiger partial charge in [0.1, 0.15) is 16.9 Å². The van der Waals surface area contributed by atoms with Crippen LogP contribution in [0.3, 0.4) is 0 Å². The van der Waals surface area contributed by atoms with Crippen molar-refractivity contribution >= 4 is 54.3 Å². The van der Waals surface area contributed by atoms with E-state index >= 15 is 0 Å². The maximum Gasteiger partial charge on any atom is 0.183 e. The number of nitrogens with zero attached hydrogens (tertiary/aromatic N) is 4. The molecule has 3 heterocycles. The van der Waals surface area contributed by atoms with Crippen LogP contribution in [0, 0.1) is 0 Å². The predicted molar refractivity (Wildman–Crippen MR) is 199 cm³/mol. The van der Waals surface area contributed by atoms with Crippen molar-refractivity contribution in [2.45, 2.75) is 0 Å². The molecule has 3 aromatic heterocycles. The monoisotopic (exact) mass is 626 g/mol. The summed E-state index contributed by atoms with van der Waals surface area (Å²) in [6.07, 6.45) is 1.90. The second-order valence-electron chi connectivity index (χ2n) is 12.3. The smallest absolute Gasteiger partial charge is 0.183 e. The third-order valence-corrected chi connectivity index (χ3v) is 9.33. The van der Waals surface area contributed by atoms with Crippen LogP contribution in [0.15, 0.2) is 162 Å². The van der Waals surface area contributed by atoms with Gasteiger partial charge in [0.25, 0.3) is 0 Å². The molecule has 0 saturated heterocycles. The fraction of sp³-hybridized carbons (Fsp3) is 0. The molecule has 0 aliphatic rings. The molecule has 0 spiro atoms. The van der Waals surface area contributed by atoms with Gasteiger partial charge in [0.2, 0.25) is 0 Å². The fourth-order valence-electron chi connectivity index (χ4n) is 6.93. The molecule has 5 heteroatoms. The van der Waals surface area contributed by atoms with Gasteiger partial charge in [-0.3, -0.25) is 4.98 Å². The SMILES string of the molecule is c1ccc(-c2nc(-c3ccccc3)nc(-c3ncc(-c4ccc5c(ccc6ccccc65)c4)c4oc5cc6ccccc6cc5c34)n2)cc1. The maximum atomic E-state index is 6.81. The van der Waals surface area contributed by atoms with E-state index < -0.39 is 0 Å². The van der Waals surface area contributed by atoms with Crippen molar-refractivity contribution in [2.75, 3.05) is 0 Å². The Bertz CT molecular complexity index is 2820. The second-order valence-corrected chi connectivity index (χ2v) is 12.3. The lowest BCUT2D eigenvalue weighted by molar-refractivity contribution is 0.670. The molecule has 0 saturated carbocycles. The molecular weight excluding hydrogens is 601 g/mol. The lowest BCUT2D eigenvalue weighted by Gasteiger charge is -2.11. The topological polar surface area (TPSA) is 64.7 Å². The molecule has 49 heavy (non-hydrogen) atoms. The van der Waals surface area contributed by atoms with E-state index in [4.69, 9.17) is 24.4 Å². The quantitative estimate of drug-likeness (QED) is 0.182. The second kappa shape index (κ2) is 10.9. The Morgan fingerprint density at radius 2 is 1.00 bits per heavy atom. The van der Waals surface area contributed by atoms with Crippen LogP contribution in [0.5, 0.6) is 0 Å². The summed E-state index contributed by atoms with van der Waals surface area (Å²) < 4.78 is 6.81. The minimum atomic E-state index is 0.491. The number of rotatable bonds is 4. The number of benzene rings is 7. The van der Waals surface area contributed by atoms with Crippen molar-refractivity contribution in [3.8, 4) is 45.4 Å². The first kappa shape index (κ1) is 27.4. The third-order valence-electron chi connectivity index (χ3n) is 9.33. The van der Waals surface area contributed by atoms with Crippen molar-refractivity contribution in [2.24, 2.45) is 0 Å². The Morgan fingerprint density at radius 1 is 0.408 bits per heavy atom. The number of fused-ring (bicyclic) bond motifs is 7. The average molecular weight is 627 g/mol. The minimum absolute atomic E-state index is 0.491. The molecule has 0 aliphatic heterocycles. The van der Waals surface area contributed by atoms with E-state index in [9.17, 15) is 0 Å². The van der Waals surface area contributed by atoms with E-state index in [-0.39, 0.29) is 0 Å². The number of aromatic nitrogens is 4. The van der Waals surface area contributed by atoms with Gasteiger partial charge in [0, 0.05) is 28.3 Å². The zero-order valence-electron chi connectivity index (χ0n) is 26.2. The van der Waals surface area contributed by atoms with E-state index in [2.05, 4.69) is 91.0 Å². The van der Waals surface area contributed by atoms with Gasteiger partial charge >= 0.3 is 0 Å². The van der Waals surface area contributed by atoms with Crippen LogP contribution in [-0.4, -0.2) is 19.9 Å². The molecule has 0 N–H and O–H groups in total. The molecule has 0 fully saturated rings. The van der Waals surface area contributed by atoms with Gasteiger partial charge < -0.3 is 4.42 Å². The standard InChI is InChI=1S/C44H26N4O/c1-3-12-28(13-4-1)42-46-43(29-14-5-2-6-15-29)48-44(47-42)40-39-36-24-30-16-7-8-17-31(30)25-38(36)49-41(39)37(26-45-40)33-21-22-35-32(23-33)20-19-27-11-9-10-18-34(27)35/h1-26H. The molecule has 0 aliphatic carbocycles. The summed E-state index contributed by atoms with van der Waals surface area (Å²) in [6.45, 7) is 0. The molecule has 7 aromatic carbocycles. The number of hydrogen-bond donors (Lipinski definition) is 0. The highest BCUT2D eigenvalue weighted by Gasteiger charge is 2.22. The number of furan rings is 1. The Labute approximate surface area is 281 Å². The van der Waals surface area contributed by atoms with Gasteiger partial charge in [-0.2, -0.15) is 0 Å². The highest BCUT2D eigenvalue weighted by atomic mass is 16.3. The highest BCUT2D eigenvalue weighted by molar-refractivity contribution is 6.18. The van der Waals surface area contributed by atoms with Gasteiger partial charge in [-0.05, 0) is 56.1 Å². The van der Waals surface area contributed by atoms with Crippen molar-refractivity contribution < 1.29 is 4.42 Å². The summed E-state index contributed by atoms with van der Waals surface area (Å²) in [6, 6.07) is 52.1. The molecule has 0 atom stereocenters. The lowest BCUT2D eigenvalue weighted by atomic mass is 9.97. The highest BCUT2D eigenvalue weighted by Crippen LogP contribution is 2.42. The van der Waals surface area contributed by atoms with Crippen molar-refractivity contribution in [3.05, 3.63) is 158 Å². The van der Waals surface area contributed by atoms with Crippen molar-refractivity contribution in [1.82, 2.24) is 19.9 Å². The molecule has 10 aromatic rings. The largest absolute Gasteiger partial charge is 0.455 e. The molecule has 5 nitrogen and oxygen atoms in total. The average Bonchev–Trinajstić information content (AvgIpc) is 3.55. The molecular formula is C44H26N4O. The Balaban J connectivity index is 1.26. The first-order chi connectivity index (χ1) is 24.3. The summed E-state index contributed by atoms with van der Waals surface area (Å²) in [5, 5.41) is 8.91. The van der Waals surface area contributed by atoms with E-state index in [1.807, 2.05) is 66.9 Å². The molecule has 228 valence electrons. The summed E-state index contributed by atoms with van der Waals surface area (Å²) in [5.41, 5.74) is 5.94. The van der Waals surface area contributed by atoms with Gasteiger partial charge in [0.15, 0.2) is 17.5 Å². The molecule has 0 bridgehead atoms. The lowest BCUT2D eigenvalue weighted by Crippen LogP contribution is -2.01. The van der Waals surface area contributed by atoms with E-state index in [1.165, 1.54) is 16.2 Å². The van der Waals surface area contributed by atoms with Crippen LogP contribution in [0.1, 0.15) is 0 Å². The summed E-state index contributed by atoms with van der Waals surface area (Å²) >= 11 is 0. The van der Waals surface area contributed by atoms with Crippen LogP contribution < -0.4 is 0 Å². The van der Waals surface area contributed by atoms with Crippen LogP contribution in [0.2, 0.25) is 0 Å². The summed E-state index contributed by atoms with van der Waals surface area (Å²) in [5.74, 6) is 1.66. The minimum Gasteiger partial charge on any atom is -0.455 e. The zero-order valence-corrected chi connectivity index (χ0v) is 26.2. The van der Waals surface area contributed by atoms with Gasteiger partial charge in [-0.15, -0.1) is 0 Å². The van der Waals surface area contributed by atoms with Gasteiger partial charge in [-0.25, -0.2) is 15.0 Å². The Morgan fingerprint density at radius 3 is 1.73 bits per heavy atom. The summed E-state index contributed by atoms with van der Waals surface area (Å²) in [7, 11) is 0. The molecule has 10 rings (SSSR count). The molecule has 0 radical (unpaired) electrons. The Kier molecular flexibility index (Phi) is 6.11. The Hall–Kier alpha value is -6.72. The van der Waals surface area contributed by atoms with Crippen LogP contribution in [0.4, 0.5) is 0 Å².